The second-order valence-electron chi connectivity index (χ2n) is 20.6. The molecule has 53 heavy (non-hydrogen) atoms. The molecule has 0 bridgehead atoms. The first-order valence-corrected chi connectivity index (χ1v) is 20.9. The summed E-state index contributed by atoms with van der Waals surface area (Å²) in [6, 6.07) is 9.69. The number of hydrogen-bond donors (Lipinski definition) is 0. The van der Waals surface area contributed by atoms with Crippen LogP contribution in [0.15, 0.2) is 42.5 Å². The van der Waals surface area contributed by atoms with Gasteiger partial charge in [0.25, 0.3) is 0 Å². The molecule has 0 N–H and O–H groups in total. The van der Waals surface area contributed by atoms with Gasteiger partial charge in [0.2, 0.25) is 0 Å². The summed E-state index contributed by atoms with van der Waals surface area (Å²) in [5, 5.41) is 0. The average molecular weight is 731 g/mol. The fraction of sp³-hybridized carbons (Fsp3) is 0.766. The van der Waals surface area contributed by atoms with Gasteiger partial charge in [0.1, 0.15) is 12.7 Å². The van der Waals surface area contributed by atoms with E-state index in [1.165, 1.54) is 57.6 Å². The van der Waals surface area contributed by atoms with Crippen LogP contribution in [0.5, 0.6) is 0 Å². The lowest BCUT2D eigenvalue weighted by atomic mass is 9.32. The van der Waals surface area contributed by atoms with Crippen molar-refractivity contribution in [3.63, 3.8) is 0 Å². The molecule has 5 fully saturated rings. The predicted molar refractivity (Wildman–Crippen MR) is 209 cm³/mol. The van der Waals surface area contributed by atoms with Gasteiger partial charge >= 0.3 is 17.9 Å². The van der Waals surface area contributed by atoms with Gasteiger partial charge in [-0.05, 0) is 140 Å². The first-order chi connectivity index (χ1) is 24.8. The van der Waals surface area contributed by atoms with Crippen molar-refractivity contribution in [2.75, 3.05) is 7.11 Å². The quantitative estimate of drug-likeness (QED) is 0.128. The minimum atomic E-state index is -0.557. The fourth-order valence-electron chi connectivity index (χ4n) is 14.2. The largest absolute Gasteiger partial charge is 0.469 e. The van der Waals surface area contributed by atoms with Crippen LogP contribution in [0.2, 0.25) is 0 Å². The van der Waals surface area contributed by atoms with Crippen LogP contribution in [0.3, 0.4) is 0 Å². The zero-order valence-electron chi connectivity index (χ0n) is 34.6. The second-order valence-corrected chi connectivity index (χ2v) is 20.6. The normalized spacial score (nSPS) is 38.7. The van der Waals surface area contributed by atoms with Crippen LogP contribution >= 0.6 is 0 Å². The average Bonchev–Trinajstić information content (AvgIpc) is 3.48. The number of methoxy groups -OCH3 is 1. The minimum Gasteiger partial charge on any atom is -0.469 e. The molecule has 6 nitrogen and oxygen atoms in total. The third-order valence-corrected chi connectivity index (χ3v) is 17.0. The zero-order chi connectivity index (χ0) is 38.6. The molecule has 0 aromatic heterocycles. The van der Waals surface area contributed by atoms with E-state index < -0.39 is 5.41 Å². The Bertz CT molecular complexity index is 1540. The predicted octanol–water partition coefficient (Wildman–Crippen LogP) is 11.1. The van der Waals surface area contributed by atoms with E-state index in [0.29, 0.717) is 36.0 Å². The maximum absolute atomic E-state index is 13.6. The van der Waals surface area contributed by atoms with Crippen LogP contribution in [-0.2, 0) is 35.2 Å². The Labute approximate surface area is 321 Å². The Kier molecular flexibility index (Phi) is 10.9. The maximum Gasteiger partial charge on any atom is 0.306 e. The smallest absolute Gasteiger partial charge is 0.306 e. The Morgan fingerprint density at radius 2 is 1.49 bits per heavy atom. The molecule has 5 unspecified atom stereocenters. The van der Waals surface area contributed by atoms with Gasteiger partial charge in [-0.1, -0.05) is 91.0 Å². The highest BCUT2D eigenvalue weighted by Crippen LogP contribution is 2.78. The lowest BCUT2D eigenvalue weighted by molar-refractivity contribution is -0.250. The van der Waals surface area contributed by atoms with Crippen LogP contribution in [0.4, 0.5) is 0 Å². The molecule has 0 radical (unpaired) electrons. The van der Waals surface area contributed by atoms with Crippen molar-refractivity contribution in [1.29, 1.82) is 0 Å². The van der Waals surface area contributed by atoms with E-state index in [2.05, 4.69) is 48.1 Å². The third kappa shape index (κ3) is 7.05. The van der Waals surface area contributed by atoms with Crippen LogP contribution in [0, 0.1) is 62.1 Å². The zero-order valence-corrected chi connectivity index (χ0v) is 34.6. The van der Waals surface area contributed by atoms with Gasteiger partial charge in [0.05, 0.1) is 20.0 Å². The lowest BCUT2D eigenvalue weighted by Crippen LogP contribution is -2.66. The Morgan fingerprint density at radius 3 is 2.17 bits per heavy atom. The number of carbonyl (C=O) groups is 3. The summed E-state index contributed by atoms with van der Waals surface area (Å²) in [6.07, 6.45) is 13.4. The highest BCUT2D eigenvalue weighted by Gasteiger charge is 2.71. The molecule has 0 heterocycles. The number of rotatable bonds is 11. The van der Waals surface area contributed by atoms with Gasteiger partial charge in [-0.15, -0.1) is 0 Å². The molecule has 0 saturated heterocycles. The van der Waals surface area contributed by atoms with Crippen molar-refractivity contribution in [2.45, 2.75) is 158 Å². The number of esters is 3. The van der Waals surface area contributed by atoms with Crippen molar-refractivity contribution >= 4 is 17.9 Å². The molecule has 6 heteroatoms. The monoisotopic (exact) mass is 731 g/mol. The number of benzene rings is 1. The molecule has 6 rings (SSSR count). The summed E-state index contributed by atoms with van der Waals surface area (Å²) < 4.78 is 17.1. The highest BCUT2D eigenvalue weighted by molar-refractivity contribution is 5.74. The summed E-state index contributed by atoms with van der Waals surface area (Å²) in [5.41, 5.74) is 2.45. The molecule has 0 spiro atoms. The van der Waals surface area contributed by atoms with E-state index in [4.69, 9.17) is 14.2 Å². The Hall–Kier alpha value is -2.63. The van der Waals surface area contributed by atoms with Gasteiger partial charge in [-0.3, -0.25) is 14.4 Å². The van der Waals surface area contributed by atoms with Gasteiger partial charge in [-0.2, -0.15) is 0 Å². The van der Waals surface area contributed by atoms with Crippen LogP contribution in [-0.4, -0.2) is 31.1 Å². The van der Waals surface area contributed by atoms with Crippen molar-refractivity contribution in [3.8, 4) is 0 Å². The summed E-state index contributed by atoms with van der Waals surface area (Å²) in [4.78, 5) is 38.7. The molecule has 0 aliphatic heterocycles. The van der Waals surface area contributed by atoms with Crippen molar-refractivity contribution in [3.05, 3.63) is 48.0 Å². The van der Waals surface area contributed by atoms with Crippen molar-refractivity contribution in [2.24, 2.45) is 62.1 Å². The van der Waals surface area contributed by atoms with Gasteiger partial charge in [-0.25, -0.2) is 0 Å². The maximum atomic E-state index is 13.6. The van der Waals surface area contributed by atoms with Crippen LogP contribution < -0.4 is 0 Å². The Balaban J connectivity index is 1.14. The van der Waals surface area contributed by atoms with Crippen molar-refractivity contribution < 1.29 is 28.6 Å². The van der Waals surface area contributed by atoms with Crippen LogP contribution in [0.25, 0.3) is 0 Å². The molecular weight excluding hydrogens is 661 g/mol. The standard InChI is InChI=1S/C47H70O6/c1-31(2)33-18-24-47(25-21-38(48)51-10)27-26-45(8)34(41(33)47)16-17-36-44(7)22-20-37(43(5,6)35(44)19-23-46(36,45)9)53-40(50)29-42(3,4)28-39(49)52-30-32-14-12-11-13-15-32/h11-15,33-37,41H,1,16-30H2,2-10H3/t33?,34?,35?,36?,37-,41?,44-,45+,46+,47-/m0/s1. The highest BCUT2D eigenvalue weighted by atomic mass is 16.5. The number of fused-ring (bicyclic) bond motifs is 7. The Morgan fingerprint density at radius 1 is 0.792 bits per heavy atom. The third-order valence-electron chi connectivity index (χ3n) is 17.0. The van der Waals surface area contributed by atoms with E-state index in [1.807, 2.05) is 44.2 Å². The minimum absolute atomic E-state index is 0.0704. The van der Waals surface area contributed by atoms with Gasteiger partial charge in [0, 0.05) is 11.8 Å². The molecule has 5 aliphatic carbocycles. The second kappa shape index (κ2) is 14.5. The summed E-state index contributed by atoms with van der Waals surface area (Å²) >= 11 is 0. The molecule has 10 atom stereocenters. The SMILES string of the molecule is C=C(C)C1CC[C@]2(CCC(=O)OC)CC[C@]3(C)C(CCC4[C@@]5(C)CC[C@H](OC(=O)CC(C)(C)CC(=O)OCc6ccccc6)C(C)(C)C5CC[C@]43C)C12. The molecule has 0 amide bonds. The molecule has 5 saturated carbocycles. The summed E-state index contributed by atoms with van der Waals surface area (Å²) in [7, 11) is 1.52. The topological polar surface area (TPSA) is 78.9 Å². The first kappa shape index (κ1) is 40.0. The lowest BCUT2D eigenvalue weighted by Gasteiger charge is -2.73. The van der Waals surface area contributed by atoms with E-state index in [1.54, 1.807) is 0 Å². The number of carbonyl (C=O) groups excluding carboxylic acids is 3. The van der Waals surface area contributed by atoms with E-state index in [9.17, 15) is 14.4 Å². The molecule has 294 valence electrons. The summed E-state index contributed by atoms with van der Waals surface area (Å²) in [6.45, 7) is 23.6. The summed E-state index contributed by atoms with van der Waals surface area (Å²) in [5.74, 6) is 2.30. The number of allylic oxidation sites excluding steroid dienone is 1. The van der Waals surface area contributed by atoms with Gasteiger partial charge in [0.15, 0.2) is 0 Å². The first-order valence-electron chi connectivity index (χ1n) is 20.9. The number of hydrogen-bond acceptors (Lipinski definition) is 6. The molecular formula is C47H70O6. The van der Waals surface area contributed by atoms with Gasteiger partial charge < -0.3 is 14.2 Å². The number of ether oxygens (including phenoxy) is 3. The van der Waals surface area contributed by atoms with E-state index >= 15 is 0 Å². The fourth-order valence-corrected chi connectivity index (χ4v) is 14.2. The molecule has 1 aromatic rings. The van der Waals surface area contributed by atoms with E-state index in [0.717, 1.165) is 31.2 Å². The molecule has 1 aromatic carbocycles. The van der Waals surface area contributed by atoms with Crippen molar-refractivity contribution in [1.82, 2.24) is 0 Å². The van der Waals surface area contributed by atoms with E-state index in [-0.39, 0.29) is 70.5 Å². The van der Waals surface area contributed by atoms with Crippen LogP contribution in [0.1, 0.15) is 151 Å². The molecule has 5 aliphatic rings.